The van der Waals surface area contributed by atoms with E-state index in [2.05, 4.69) is 64.4 Å². The van der Waals surface area contributed by atoms with E-state index in [0.717, 1.165) is 56.5 Å². The van der Waals surface area contributed by atoms with Crippen molar-refractivity contribution in [1.82, 2.24) is 14.8 Å². The summed E-state index contributed by atoms with van der Waals surface area (Å²) in [5.41, 5.74) is 4.13. The van der Waals surface area contributed by atoms with Crippen LogP contribution in [0.2, 0.25) is 0 Å². The van der Waals surface area contributed by atoms with Crippen molar-refractivity contribution in [3.8, 4) is 0 Å². The van der Waals surface area contributed by atoms with E-state index >= 15 is 0 Å². The van der Waals surface area contributed by atoms with Crippen molar-refractivity contribution >= 4 is 5.91 Å². The van der Waals surface area contributed by atoms with Crippen LogP contribution in [0.5, 0.6) is 0 Å². The molecule has 2 aromatic rings. The minimum Gasteiger partial charge on any atom is -0.354 e. The van der Waals surface area contributed by atoms with Gasteiger partial charge in [-0.15, -0.1) is 0 Å². The van der Waals surface area contributed by atoms with Crippen LogP contribution in [0, 0.1) is 23.2 Å². The molecule has 31 heavy (non-hydrogen) atoms. The molecule has 0 saturated heterocycles. The van der Waals surface area contributed by atoms with Gasteiger partial charge in [-0.2, -0.15) is 0 Å². The molecule has 5 aliphatic rings. The molecule has 4 bridgehead atoms. The summed E-state index contributed by atoms with van der Waals surface area (Å²) in [6, 6.07) is 13.4. The molecule has 1 aromatic heterocycles. The summed E-state index contributed by atoms with van der Waals surface area (Å²) < 4.78 is 2.22. The third-order valence-corrected chi connectivity index (χ3v) is 8.90. The van der Waals surface area contributed by atoms with Crippen molar-refractivity contribution in [3.63, 3.8) is 0 Å². The highest BCUT2D eigenvalue weighted by atomic mass is 16.2. The van der Waals surface area contributed by atoms with Crippen molar-refractivity contribution in [1.29, 1.82) is 0 Å². The molecule has 1 aliphatic heterocycles. The molecule has 4 nitrogen and oxygen atoms in total. The Balaban J connectivity index is 1.21. The van der Waals surface area contributed by atoms with Gasteiger partial charge < -0.3 is 9.88 Å². The van der Waals surface area contributed by atoms with E-state index in [0.29, 0.717) is 12.5 Å². The monoisotopic (exact) mass is 417 g/mol. The number of carbonyl (C=O) groups excluding carboxylic acids is 1. The normalized spacial score (nSPS) is 32.6. The summed E-state index contributed by atoms with van der Waals surface area (Å²) in [6.45, 7) is 2.71. The van der Waals surface area contributed by atoms with E-state index in [9.17, 15) is 4.79 Å². The van der Waals surface area contributed by atoms with E-state index < -0.39 is 0 Å². The minimum absolute atomic E-state index is 0.0675. The molecular formula is C27H35N3O. The molecule has 1 aromatic carbocycles. The van der Waals surface area contributed by atoms with Crippen LogP contribution in [-0.4, -0.2) is 28.5 Å². The van der Waals surface area contributed by atoms with E-state index in [1.165, 1.54) is 36.1 Å². The maximum atomic E-state index is 13.6. The lowest BCUT2D eigenvalue weighted by Gasteiger charge is -2.55. The quantitative estimate of drug-likeness (QED) is 0.780. The Morgan fingerprint density at radius 3 is 2.35 bits per heavy atom. The molecule has 1 unspecified atom stereocenters. The van der Waals surface area contributed by atoms with Gasteiger partial charge in [0.25, 0.3) is 0 Å². The third-order valence-electron chi connectivity index (χ3n) is 8.90. The van der Waals surface area contributed by atoms with Gasteiger partial charge in [0.1, 0.15) is 0 Å². The van der Waals surface area contributed by atoms with Crippen LogP contribution >= 0.6 is 0 Å². The lowest BCUT2D eigenvalue weighted by molar-refractivity contribution is -0.146. The summed E-state index contributed by atoms with van der Waals surface area (Å²) in [5, 5.41) is 3.48. The number of fused-ring (bicyclic) bond motifs is 1. The molecule has 4 fully saturated rings. The second kappa shape index (κ2) is 7.51. The first kappa shape index (κ1) is 19.6. The van der Waals surface area contributed by atoms with Crippen molar-refractivity contribution in [2.75, 3.05) is 13.1 Å². The van der Waals surface area contributed by atoms with Crippen LogP contribution in [0.3, 0.4) is 0 Å². The first-order valence-electron chi connectivity index (χ1n) is 12.3. The zero-order valence-electron chi connectivity index (χ0n) is 18.7. The zero-order chi connectivity index (χ0) is 21.0. The zero-order valence-corrected chi connectivity index (χ0v) is 18.7. The Labute approximate surface area is 186 Å². The minimum atomic E-state index is -0.0675. The smallest absolute Gasteiger partial charge is 0.226 e. The SMILES string of the molecule is Cn1cccc1C(CNC(=O)C12CC3CC(CC(C3)C1)C2)N1CCc2ccccc2C1. The molecule has 2 heterocycles. The predicted molar refractivity (Wildman–Crippen MR) is 122 cm³/mol. The molecular weight excluding hydrogens is 382 g/mol. The summed E-state index contributed by atoms with van der Waals surface area (Å²) in [4.78, 5) is 16.2. The second-order valence-electron chi connectivity index (χ2n) is 11.0. The average Bonchev–Trinajstić information content (AvgIpc) is 3.18. The van der Waals surface area contributed by atoms with Crippen LogP contribution in [-0.2, 0) is 24.8 Å². The number of carbonyl (C=O) groups is 1. The van der Waals surface area contributed by atoms with Crippen LogP contribution < -0.4 is 5.32 Å². The van der Waals surface area contributed by atoms with Gasteiger partial charge in [-0.1, -0.05) is 24.3 Å². The average molecular weight is 418 g/mol. The lowest BCUT2D eigenvalue weighted by atomic mass is 9.49. The fourth-order valence-corrected chi connectivity index (χ4v) is 7.79. The Bertz CT molecular complexity index is 941. The Morgan fingerprint density at radius 2 is 1.71 bits per heavy atom. The lowest BCUT2D eigenvalue weighted by Crippen LogP contribution is -2.54. The van der Waals surface area contributed by atoms with Crippen LogP contribution in [0.4, 0.5) is 0 Å². The summed E-state index contributed by atoms with van der Waals surface area (Å²) in [6.07, 6.45) is 10.8. The van der Waals surface area contributed by atoms with E-state index in [1.54, 1.807) is 0 Å². The predicted octanol–water partition coefficient (Wildman–Crippen LogP) is 4.46. The number of aryl methyl sites for hydroxylation is 1. The van der Waals surface area contributed by atoms with Crippen molar-refractivity contribution in [3.05, 3.63) is 59.4 Å². The number of hydrogen-bond acceptors (Lipinski definition) is 2. The number of nitrogens with zero attached hydrogens (tertiary/aromatic N) is 2. The molecule has 0 spiro atoms. The van der Waals surface area contributed by atoms with Gasteiger partial charge in [-0.25, -0.2) is 0 Å². The summed E-state index contributed by atoms with van der Waals surface area (Å²) in [5.74, 6) is 2.76. The first-order valence-corrected chi connectivity index (χ1v) is 12.3. The fraction of sp³-hybridized carbons (Fsp3) is 0.593. The van der Waals surface area contributed by atoms with Gasteiger partial charge >= 0.3 is 0 Å². The van der Waals surface area contributed by atoms with Crippen molar-refractivity contribution < 1.29 is 4.79 Å². The largest absolute Gasteiger partial charge is 0.354 e. The Hall–Kier alpha value is -2.07. The highest BCUT2D eigenvalue weighted by Crippen LogP contribution is 2.60. The van der Waals surface area contributed by atoms with Gasteiger partial charge in [-0.05, 0) is 86.0 Å². The van der Waals surface area contributed by atoms with Gasteiger partial charge in [0, 0.05) is 44.0 Å². The number of nitrogens with one attached hydrogen (secondary N) is 1. The molecule has 4 saturated carbocycles. The highest BCUT2D eigenvalue weighted by molar-refractivity contribution is 5.83. The number of benzene rings is 1. The van der Waals surface area contributed by atoms with Crippen LogP contribution in [0.25, 0.3) is 0 Å². The molecule has 1 amide bonds. The topological polar surface area (TPSA) is 37.3 Å². The molecule has 7 rings (SSSR count). The molecule has 4 heteroatoms. The van der Waals surface area contributed by atoms with E-state index in [4.69, 9.17) is 0 Å². The fourth-order valence-electron chi connectivity index (χ4n) is 7.79. The van der Waals surface area contributed by atoms with Crippen molar-refractivity contribution in [2.45, 2.75) is 57.5 Å². The maximum absolute atomic E-state index is 13.6. The van der Waals surface area contributed by atoms with E-state index in [-0.39, 0.29) is 11.5 Å². The highest BCUT2D eigenvalue weighted by Gasteiger charge is 2.54. The summed E-state index contributed by atoms with van der Waals surface area (Å²) >= 11 is 0. The summed E-state index contributed by atoms with van der Waals surface area (Å²) in [7, 11) is 2.13. The van der Waals surface area contributed by atoms with Gasteiger partial charge in [0.2, 0.25) is 5.91 Å². The second-order valence-corrected chi connectivity index (χ2v) is 11.0. The van der Waals surface area contributed by atoms with Crippen LogP contribution in [0.15, 0.2) is 42.6 Å². The first-order chi connectivity index (χ1) is 15.1. The van der Waals surface area contributed by atoms with Crippen molar-refractivity contribution in [2.24, 2.45) is 30.2 Å². The molecule has 0 radical (unpaired) electrons. The Morgan fingerprint density at radius 1 is 1.03 bits per heavy atom. The molecule has 164 valence electrons. The number of rotatable bonds is 5. The number of hydrogen-bond donors (Lipinski definition) is 1. The van der Waals surface area contributed by atoms with Gasteiger partial charge in [0.15, 0.2) is 0 Å². The molecule has 4 aliphatic carbocycles. The standard InChI is InChI=1S/C27H35N3O/c1-29-9-4-7-24(29)25(30-10-8-22-5-2-3-6-23(22)18-30)17-28-26(31)27-14-19-11-20(15-27)13-21(12-19)16-27/h2-7,9,19-21,25H,8,10-18H2,1H3,(H,28,31). The number of amides is 1. The van der Waals surface area contributed by atoms with Gasteiger partial charge in [-0.3, -0.25) is 9.69 Å². The molecule has 1 N–H and O–H groups in total. The molecule has 1 atom stereocenters. The van der Waals surface area contributed by atoms with E-state index in [1.807, 2.05) is 0 Å². The maximum Gasteiger partial charge on any atom is 0.226 e. The Kier molecular flexibility index (Phi) is 4.75. The third kappa shape index (κ3) is 3.44. The van der Waals surface area contributed by atoms with Crippen LogP contribution in [0.1, 0.15) is 61.4 Å². The van der Waals surface area contributed by atoms with Gasteiger partial charge in [0.05, 0.1) is 6.04 Å². The number of aromatic nitrogens is 1.